The van der Waals surface area contributed by atoms with Gasteiger partial charge < -0.3 is 4.52 Å². The van der Waals surface area contributed by atoms with E-state index in [0.717, 1.165) is 0 Å². The molecule has 0 aromatic carbocycles. The van der Waals surface area contributed by atoms with E-state index in [1.165, 1.54) is 7.11 Å². The Bertz CT molecular complexity index is 279. The molecule has 2 aliphatic rings. The van der Waals surface area contributed by atoms with Gasteiger partial charge in [0.15, 0.2) is 0 Å². The minimum atomic E-state index is -2.37. The third-order valence-electron chi connectivity index (χ3n) is 3.25. The lowest BCUT2D eigenvalue weighted by Crippen LogP contribution is -2.11. The number of fused-ring (bicyclic) bond motifs is 1. The van der Waals surface area contributed by atoms with Crippen LogP contribution in [-0.4, -0.2) is 23.8 Å². The Labute approximate surface area is 82.0 Å². The smallest absolute Gasteiger partial charge is 0.203 e. The zero-order chi connectivity index (χ0) is 9.20. The van der Waals surface area contributed by atoms with Crippen molar-refractivity contribution in [1.82, 2.24) is 0 Å². The maximum Gasteiger partial charge on any atom is 0.203 e. The molecule has 0 N–H and O–H groups in total. The maximum absolute atomic E-state index is 11.8. The van der Waals surface area contributed by atoms with Crippen molar-refractivity contribution in [2.45, 2.75) is 11.3 Å². The second-order valence-corrected chi connectivity index (χ2v) is 7.99. The molecule has 0 amide bonds. The highest BCUT2D eigenvalue weighted by Gasteiger charge is 2.79. The van der Waals surface area contributed by atoms with Gasteiger partial charge in [-0.3, -0.25) is 4.57 Å². The van der Waals surface area contributed by atoms with Crippen LogP contribution in [0.2, 0.25) is 0 Å². The molecule has 0 unspecified atom stereocenters. The van der Waals surface area contributed by atoms with Gasteiger partial charge in [0, 0.05) is 30.8 Å². The number of hydrogen-bond donors (Lipinski definition) is 0. The summed E-state index contributed by atoms with van der Waals surface area (Å²) in [5, 5.41) is 0. The number of halogens is 2. The molecule has 12 heavy (non-hydrogen) atoms. The summed E-state index contributed by atoms with van der Waals surface area (Å²) < 4.78 is 16.1. The normalized spacial score (nSPS) is 55.2. The van der Waals surface area contributed by atoms with Gasteiger partial charge in [-0.2, -0.15) is 0 Å². The minimum Gasteiger partial charge on any atom is -0.332 e. The molecule has 2 nitrogen and oxygen atoms in total. The van der Waals surface area contributed by atoms with Crippen molar-refractivity contribution in [3.8, 4) is 0 Å². The van der Waals surface area contributed by atoms with Crippen molar-refractivity contribution < 1.29 is 9.09 Å². The Morgan fingerprint density at radius 2 is 2.17 bits per heavy atom. The van der Waals surface area contributed by atoms with Crippen molar-refractivity contribution in [3.05, 3.63) is 0 Å². The zero-order valence-corrected chi connectivity index (χ0v) is 9.42. The fourth-order valence-electron chi connectivity index (χ4n) is 2.19. The summed E-state index contributed by atoms with van der Waals surface area (Å²) in [6, 6.07) is 0. The molecular formula is C7H11Cl2O2P. The Balaban J connectivity index is 2.22. The van der Waals surface area contributed by atoms with Crippen LogP contribution in [0.1, 0.15) is 6.92 Å². The first-order valence-corrected chi connectivity index (χ1v) is 6.62. The molecular weight excluding hydrogens is 218 g/mol. The Kier molecular flexibility index (Phi) is 1.73. The lowest BCUT2D eigenvalue weighted by atomic mass is 10.1. The Morgan fingerprint density at radius 3 is 2.50 bits per heavy atom. The average molecular weight is 229 g/mol. The quantitative estimate of drug-likeness (QED) is 0.510. The lowest BCUT2D eigenvalue weighted by Gasteiger charge is -2.17. The first-order valence-electron chi connectivity index (χ1n) is 3.87. The van der Waals surface area contributed by atoms with Crippen molar-refractivity contribution in [3.63, 3.8) is 0 Å². The number of alkyl halides is 2. The first kappa shape index (κ1) is 9.33. The molecule has 0 aromatic rings. The SMILES string of the molecule is CO[P@@]1(=O)C[C@@H]2C(Cl)(Cl)[C@@]2(C)C1. The molecule has 1 saturated heterocycles. The molecule has 1 aliphatic carbocycles. The number of hydrogen-bond acceptors (Lipinski definition) is 2. The summed E-state index contributed by atoms with van der Waals surface area (Å²) in [6.45, 7) is 1.98. The summed E-state index contributed by atoms with van der Waals surface area (Å²) in [5.74, 6) is 0.166. The predicted molar refractivity (Wildman–Crippen MR) is 50.4 cm³/mol. The Hall–Kier alpha value is 0.770. The molecule has 0 radical (unpaired) electrons. The molecule has 0 aromatic heterocycles. The fraction of sp³-hybridized carbons (Fsp3) is 1.00. The summed E-state index contributed by atoms with van der Waals surface area (Å²) in [7, 11) is -0.872. The van der Waals surface area contributed by atoms with Gasteiger partial charge in [-0.1, -0.05) is 6.92 Å². The van der Waals surface area contributed by atoms with E-state index in [0.29, 0.717) is 12.3 Å². The van der Waals surface area contributed by atoms with Gasteiger partial charge in [0.05, 0.1) is 0 Å². The standard InChI is InChI=1S/C7H11Cl2O2P/c1-6-4-12(10,11-2)3-5(6)7(6,8)9/h5H,3-4H2,1-2H3/t5-,6-,12-/m0/s1. The van der Waals surface area contributed by atoms with E-state index in [2.05, 4.69) is 0 Å². The lowest BCUT2D eigenvalue weighted by molar-refractivity contribution is 0.392. The van der Waals surface area contributed by atoms with Gasteiger partial charge in [-0.15, -0.1) is 23.2 Å². The van der Waals surface area contributed by atoms with Crippen molar-refractivity contribution >= 4 is 30.6 Å². The van der Waals surface area contributed by atoms with Gasteiger partial charge >= 0.3 is 0 Å². The van der Waals surface area contributed by atoms with E-state index >= 15 is 0 Å². The van der Waals surface area contributed by atoms with Crippen molar-refractivity contribution in [2.24, 2.45) is 11.3 Å². The average Bonchev–Trinajstić information content (AvgIpc) is 2.27. The van der Waals surface area contributed by atoms with E-state index in [1.54, 1.807) is 0 Å². The van der Waals surface area contributed by atoms with Crippen LogP contribution in [-0.2, 0) is 9.09 Å². The van der Waals surface area contributed by atoms with Gasteiger partial charge in [0.25, 0.3) is 0 Å². The second-order valence-electron chi connectivity index (χ2n) is 3.93. The molecule has 0 bridgehead atoms. The van der Waals surface area contributed by atoms with Crippen LogP contribution in [0.4, 0.5) is 0 Å². The molecule has 1 saturated carbocycles. The third-order valence-corrected chi connectivity index (χ3v) is 7.36. The van der Waals surface area contributed by atoms with Crippen LogP contribution >= 0.6 is 30.6 Å². The highest BCUT2D eigenvalue weighted by Crippen LogP contribution is 2.81. The highest BCUT2D eigenvalue weighted by atomic mass is 35.5. The van der Waals surface area contributed by atoms with E-state index < -0.39 is 11.7 Å². The van der Waals surface area contributed by atoms with Crippen molar-refractivity contribution in [2.75, 3.05) is 19.4 Å². The van der Waals surface area contributed by atoms with Crippen LogP contribution in [0.15, 0.2) is 0 Å². The van der Waals surface area contributed by atoms with Crippen LogP contribution in [0.25, 0.3) is 0 Å². The molecule has 70 valence electrons. The van der Waals surface area contributed by atoms with Crippen LogP contribution < -0.4 is 0 Å². The fourth-order valence-corrected chi connectivity index (χ4v) is 6.62. The maximum atomic E-state index is 11.8. The van der Waals surface area contributed by atoms with Gasteiger partial charge in [0.2, 0.25) is 7.37 Å². The van der Waals surface area contributed by atoms with Gasteiger partial charge in [-0.05, 0) is 0 Å². The molecule has 3 atom stereocenters. The summed E-state index contributed by atoms with van der Waals surface area (Å²) >= 11 is 12.0. The second kappa shape index (κ2) is 2.23. The summed E-state index contributed by atoms with van der Waals surface area (Å²) in [6.07, 6.45) is 1.08. The van der Waals surface area contributed by atoms with Crippen LogP contribution in [0.3, 0.4) is 0 Å². The largest absolute Gasteiger partial charge is 0.332 e. The third kappa shape index (κ3) is 0.901. The van der Waals surface area contributed by atoms with Gasteiger partial charge in [-0.25, -0.2) is 0 Å². The van der Waals surface area contributed by atoms with E-state index in [4.69, 9.17) is 27.7 Å². The highest BCUT2D eigenvalue weighted by molar-refractivity contribution is 7.59. The minimum absolute atomic E-state index is 0.165. The van der Waals surface area contributed by atoms with E-state index in [9.17, 15) is 4.57 Å². The first-order chi connectivity index (χ1) is 5.36. The summed E-state index contributed by atoms with van der Waals surface area (Å²) in [4.78, 5) is 0. The van der Waals surface area contributed by atoms with Crippen molar-refractivity contribution in [1.29, 1.82) is 0 Å². The van der Waals surface area contributed by atoms with E-state index in [1.807, 2.05) is 6.92 Å². The monoisotopic (exact) mass is 228 g/mol. The van der Waals surface area contributed by atoms with E-state index in [-0.39, 0.29) is 11.3 Å². The molecule has 1 aliphatic heterocycles. The van der Waals surface area contributed by atoms with Gasteiger partial charge in [0.1, 0.15) is 4.33 Å². The topological polar surface area (TPSA) is 26.3 Å². The molecule has 0 spiro atoms. The predicted octanol–water partition coefficient (Wildman–Crippen LogP) is 2.73. The number of rotatable bonds is 1. The summed E-state index contributed by atoms with van der Waals surface area (Å²) in [5.41, 5.74) is -0.165. The molecule has 5 heteroatoms. The van der Waals surface area contributed by atoms with Crippen LogP contribution in [0, 0.1) is 11.3 Å². The molecule has 2 rings (SSSR count). The Morgan fingerprint density at radius 1 is 1.58 bits per heavy atom. The zero-order valence-electron chi connectivity index (χ0n) is 7.01. The molecule has 2 fully saturated rings. The molecule has 1 heterocycles. The van der Waals surface area contributed by atoms with Crippen LogP contribution in [0.5, 0.6) is 0 Å².